The molecule has 0 amide bonds. The van der Waals surface area contributed by atoms with E-state index in [4.69, 9.17) is 9.84 Å². The van der Waals surface area contributed by atoms with E-state index >= 15 is 0 Å². The van der Waals surface area contributed by atoms with Gasteiger partial charge in [0.1, 0.15) is 5.75 Å². The number of aromatic nitrogens is 1. The Balaban J connectivity index is 2.38. The molecule has 2 rings (SSSR count). The monoisotopic (exact) mass is 203 g/mol. The maximum absolute atomic E-state index is 10.4. The molecule has 76 valence electrons. The molecule has 0 aliphatic heterocycles. The number of benzene rings is 1. The molecular weight excluding hydrogens is 194 g/mol. The van der Waals surface area contributed by atoms with Crippen LogP contribution in [0.25, 0.3) is 10.8 Å². The molecule has 15 heavy (non-hydrogen) atoms. The third kappa shape index (κ3) is 2.04. The minimum Gasteiger partial charge on any atom is -0.481 e. The molecule has 0 fully saturated rings. The number of nitrogens with zero attached hydrogens (tertiary/aromatic N) is 1. The minimum absolute atomic E-state index is 0.339. The highest BCUT2D eigenvalue weighted by atomic mass is 16.5. The molecular formula is C11H9NO3. The Morgan fingerprint density at radius 1 is 1.40 bits per heavy atom. The minimum atomic E-state index is -0.990. The predicted octanol–water partition coefficient (Wildman–Crippen LogP) is 1.70. The zero-order valence-electron chi connectivity index (χ0n) is 7.88. The van der Waals surface area contributed by atoms with Crippen LogP contribution in [0.5, 0.6) is 5.75 Å². The molecule has 0 saturated heterocycles. The second-order valence-electron chi connectivity index (χ2n) is 3.04. The van der Waals surface area contributed by atoms with Gasteiger partial charge in [-0.3, -0.25) is 4.98 Å². The summed E-state index contributed by atoms with van der Waals surface area (Å²) in [5.41, 5.74) is 0. The van der Waals surface area contributed by atoms with E-state index in [0.29, 0.717) is 5.75 Å². The van der Waals surface area contributed by atoms with Crippen molar-refractivity contribution in [3.63, 3.8) is 0 Å². The molecule has 1 aromatic carbocycles. The highest BCUT2D eigenvalue weighted by molar-refractivity contribution is 5.87. The molecule has 2 aromatic rings. The Morgan fingerprint density at radius 2 is 2.27 bits per heavy atom. The van der Waals surface area contributed by atoms with Crippen LogP contribution in [0.4, 0.5) is 0 Å². The summed E-state index contributed by atoms with van der Waals surface area (Å²) in [6.07, 6.45) is 3.34. The number of fused-ring (bicyclic) bond motifs is 1. The van der Waals surface area contributed by atoms with Crippen molar-refractivity contribution in [1.82, 2.24) is 4.98 Å². The first-order valence-electron chi connectivity index (χ1n) is 4.45. The van der Waals surface area contributed by atoms with Gasteiger partial charge in [-0.05, 0) is 17.5 Å². The van der Waals surface area contributed by atoms with E-state index in [-0.39, 0.29) is 6.61 Å². The number of pyridine rings is 1. The van der Waals surface area contributed by atoms with Crippen molar-refractivity contribution >= 4 is 16.7 Å². The van der Waals surface area contributed by atoms with Crippen LogP contribution in [-0.4, -0.2) is 22.7 Å². The second-order valence-corrected chi connectivity index (χ2v) is 3.04. The van der Waals surface area contributed by atoms with Crippen molar-refractivity contribution < 1.29 is 14.6 Å². The lowest BCUT2D eigenvalue weighted by atomic mass is 10.1. The van der Waals surface area contributed by atoms with Crippen LogP contribution in [0.3, 0.4) is 0 Å². The number of aliphatic carboxylic acids is 1. The Kier molecular flexibility index (Phi) is 2.49. The van der Waals surface area contributed by atoms with E-state index in [1.165, 1.54) is 0 Å². The van der Waals surface area contributed by atoms with Crippen molar-refractivity contribution in [2.24, 2.45) is 0 Å². The normalized spacial score (nSPS) is 10.1. The highest BCUT2D eigenvalue weighted by Gasteiger charge is 2.03. The third-order valence-electron chi connectivity index (χ3n) is 1.99. The summed E-state index contributed by atoms with van der Waals surface area (Å²) in [7, 11) is 0. The molecule has 0 saturated carbocycles. The summed E-state index contributed by atoms with van der Waals surface area (Å²) < 4.78 is 5.14. The van der Waals surface area contributed by atoms with E-state index in [9.17, 15) is 4.79 Å². The molecule has 0 radical (unpaired) electrons. The maximum Gasteiger partial charge on any atom is 0.341 e. The number of hydrogen-bond acceptors (Lipinski definition) is 3. The van der Waals surface area contributed by atoms with Crippen molar-refractivity contribution in [3.05, 3.63) is 36.7 Å². The van der Waals surface area contributed by atoms with Gasteiger partial charge >= 0.3 is 5.97 Å². The van der Waals surface area contributed by atoms with Gasteiger partial charge in [-0.2, -0.15) is 0 Å². The van der Waals surface area contributed by atoms with Crippen LogP contribution in [-0.2, 0) is 4.79 Å². The van der Waals surface area contributed by atoms with Gasteiger partial charge in [-0.15, -0.1) is 0 Å². The average Bonchev–Trinajstić information content (AvgIpc) is 2.26. The predicted molar refractivity (Wildman–Crippen MR) is 54.9 cm³/mol. The largest absolute Gasteiger partial charge is 0.481 e. The zero-order valence-corrected chi connectivity index (χ0v) is 7.88. The Morgan fingerprint density at radius 3 is 3.07 bits per heavy atom. The molecule has 1 N–H and O–H groups in total. The molecule has 4 nitrogen and oxygen atoms in total. The standard InChI is InChI=1S/C11H9NO3/c13-11(14)7-15-10-3-1-2-8-4-5-12-6-9(8)10/h1-6H,7H2,(H,13,14). The number of hydrogen-bond donors (Lipinski definition) is 1. The lowest BCUT2D eigenvalue weighted by Gasteiger charge is -2.06. The molecule has 0 spiro atoms. The first kappa shape index (κ1) is 9.45. The number of carboxylic acids is 1. The van der Waals surface area contributed by atoms with Gasteiger partial charge in [0.25, 0.3) is 0 Å². The Bertz CT molecular complexity index is 491. The van der Waals surface area contributed by atoms with Crippen LogP contribution in [0.2, 0.25) is 0 Å². The lowest BCUT2D eigenvalue weighted by Crippen LogP contribution is -2.09. The molecule has 1 aromatic heterocycles. The van der Waals surface area contributed by atoms with Crippen LogP contribution in [0, 0.1) is 0 Å². The fourth-order valence-corrected chi connectivity index (χ4v) is 1.35. The van der Waals surface area contributed by atoms with Crippen molar-refractivity contribution in [2.75, 3.05) is 6.61 Å². The average molecular weight is 203 g/mol. The van der Waals surface area contributed by atoms with E-state index in [0.717, 1.165) is 10.8 Å². The van der Waals surface area contributed by atoms with E-state index in [2.05, 4.69) is 4.98 Å². The smallest absolute Gasteiger partial charge is 0.341 e. The second kappa shape index (κ2) is 3.96. The first-order chi connectivity index (χ1) is 7.27. The summed E-state index contributed by atoms with van der Waals surface area (Å²) in [4.78, 5) is 14.3. The van der Waals surface area contributed by atoms with Gasteiger partial charge in [0.15, 0.2) is 6.61 Å². The Hall–Kier alpha value is -2.10. The first-order valence-corrected chi connectivity index (χ1v) is 4.45. The topological polar surface area (TPSA) is 59.4 Å². The van der Waals surface area contributed by atoms with Crippen LogP contribution < -0.4 is 4.74 Å². The van der Waals surface area contributed by atoms with Crippen molar-refractivity contribution in [1.29, 1.82) is 0 Å². The fraction of sp³-hybridized carbons (Fsp3) is 0.0909. The zero-order chi connectivity index (χ0) is 10.7. The number of carbonyl (C=O) groups is 1. The summed E-state index contributed by atoms with van der Waals surface area (Å²) in [5, 5.41) is 10.3. The maximum atomic E-state index is 10.4. The molecule has 4 heteroatoms. The van der Waals surface area contributed by atoms with Crippen molar-refractivity contribution in [3.8, 4) is 5.75 Å². The van der Waals surface area contributed by atoms with Gasteiger partial charge < -0.3 is 9.84 Å². The highest BCUT2D eigenvalue weighted by Crippen LogP contribution is 2.23. The number of rotatable bonds is 3. The molecule has 0 unspecified atom stereocenters. The molecule has 0 aliphatic rings. The van der Waals surface area contributed by atoms with Crippen molar-refractivity contribution in [2.45, 2.75) is 0 Å². The SMILES string of the molecule is O=C(O)COc1cccc2ccncc12. The summed E-state index contributed by atoms with van der Waals surface area (Å²) in [6, 6.07) is 7.32. The van der Waals surface area contributed by atoms with Crippen LogP contribution >= 0.6 is 0 Å². The van der Waals surface area contributed by atoms with Gasteiger partial charge in [0, 0.05) is 17.8 Å². The van der Waals surface area contributed by atoms with Crippen LogP contribution in [0.15, 0.2) is 36.7 Å². The number of carboxylic acid groups (broad SMARTS) is 1. The van der Waals surface area contributed by atoms with E-state index < -0.39 is 5.97 Å². The van der Waals surface area contributed by atoms with Gasteiger partial charge in [-0.25, -0.2) is 4.79 Å². The quantitative estimate of drug-likeness (QED) is 0.824. The molecule has 0 aliphatic carbocycles. The van der Waals surface area contributed by atoms with Gasteiger partial charge in [-0.1, -0.05) is 12.1 Å². The summed E-state index contributed by atoms with van der Waals surface area (Å²) in [6.45, 7) is -0.339. The fourth-order valence-electron chi connectivity index (χ4n) is 1.35. The number of ether oxygens (including phenoxy) is 1. The van der Waals surface area contributed by atoms with Gasteiger partial charge in [0.05, 0.1) is 0 Å². The summed E-state index contributed by atoms with van der Waals surface area (Å²) in [5.74, 6) is -0.445. The van der Waals surface area contributed by atoms with E-state index in [1.807, 2.05) is 18.2 Å². The van der Waals surface area contributed by atoms with Crippen LogP contribution in [0.1, 0.15) is 0 Å². The Labute approximate surface area is 86.1 Å². The molecule has 0 atom stereocenters. The third-order valence-corrected chi connectivity index (χ3v) is 1.99. The molecule has 1 heterocycles. The lowest BCUT2D eigenvalue weighted by molar-refractivity contribution is -0.139. The molecule has 0 bridgehead atoms. The summed E-state index contributed by atoms with van der Waals surface area (Å²) >= 11 is 0. The van der Waals surface area contributed by atoms with E-state index in [1.54, 1.807) is 18.5 Å². The van der Waals surface area contributed by atoms with Gasteiger partial charge in [0.2, 0.25) is 0 Å².